The van der Waals surface area contributed by atoms with Crippen LogP contribution in [-0.2, 0) is 16.0 Å². The number of primary amides is 1. The molecule has 2 amide bonds. The van der Waals surface area contributed by atoms with Gasteiger partial charge in [0.15, 0.2) is 5.58 Å². The van der Waals surface area contributed by atoms with Crippen molar-refractivity contribution in [1.82, 2.24) is 10.5 Å². The summed E-state index contributed by atoms with van der Waals surface area (Å²) in [5.41, 5.74) is 5.70. The SMILES string of the molecule is CC(C)(CNC(=O)Cc1noc2ccccc12)C(N)=O. The number of hydrogen-bond donors (Lipinski definition) is 2. The molecular weight excluding hydrogens is 258 g/mol. The molecule has 3 N–H and O–H groups in total. The molecule has 2 aromatic rings. The van der Waals surface area contributed by atoms with Gasteiger partial charge in [-0.2, -0.15) is 0 Å². The lowest BCUT2D eigenvalue weighted by molar-refractivity contribution is -0.126. The van der Waals surface area contributed by atoms with Gasteiger partial charge in [0.1, 0.15) is 5.69 Å². The molecule has 0 fully saturated rings. The quantitative estimate of drug-likeness (QED) is 0.850. The number of para-hydroxylation sites is 1. The third kappa shape index (κ3) is 2.96. The van der Waals surface area contributed by atoms with Crippen LogP contribution < -0.4 is 11.1 Å². The van der Waals surface area contributed by atoms with Crippen LogP contribution in [0.5, 0.6) is 0 Å². The van der Waals surface area contributed by atoms with Gasteiger partial charge in [-0.1, -0.05) is 17.3 Å². The van der Waals surface area contributed by atoms with E-state index < -0.39 is 11.3 Å². The third-order valence-corrected chi connectivity index (χ3v) is 3.17. The van der Waals surface area contributed by atoms with Gasteiger partial charge < -0.3 is 15.6 Å². The Bertz CT molecular complexity index is 646. The molecule has 0 saturated heterocycles. The van der Waals surface area contributed by atoms with Crippen molar-refractivity contribution in [2.75, 3.05) is 6.54 Å². The zero-order valence-corrected chi connectivity index (χ0v) is 11.5. The lowest BCUT2D eigenvalue weighted by Crippen LogP contribution is -2.42. The molecule has 6 nitrogen and oxygen atoms in total. The van der Waals surface area contributed by atoms with E-state index in [4.69, 9.17) is 10.3 Å². The van der Waals surface area contributed by atoms with Gasteiger partial charge in [0, 0.05) is 11.9 Å². The van der Waals surface area contributed by atoms with Crippen molar-refractivity contribution in [1.29, 1.82) is 0 Å². The lowest BCUT2D eigenvalue weighted by atomic mass is 9.93. The van der Waals surface area contributed by atoms with Crippen molar-refractivity contribution in [3.8, 4) is 0 Å². The van der Waals surface area contributed by atoms with Gasteiger partial charge in [0.05, 0.1) is 11.8 Å². The Morgan fingerprint density at radius 3 is 2.75 bits per heavy atom. The fraction of sp³-hybridized carbons (Fsp3) is 0.357. The lowest BCUT2D eigenvalue weighted by Gasteiger charge is -2.20. The van der Waals surface area contributed by atoms with E-state index in [1.807, 2.05) is 18.2 Å². The Morgan fingerprint density at radius 2 is 2.05 bits per heavy atom. The summed E-state index contributed by atoms with van der Waals surface area (Å²) in [4.78, 5) is 23.0. The molecule has 0 aliphatic rings. The van der Waals surface area contributed by atoms with Crippen molar-refractivity contribution in [3.05, 3.63) is 30.0 Å². The summed E-state index contributed by atoms with van der Waals surface area (Å²) in [6.45, 7) is 3.55. The normalized spacial score (nSPS) is 11.5. The maximum Gasteiger partial charge on any atom is 0.226 e. The van der Waals surface area contributed by atoms with E-state index in [1.54, 1.807) is 19.9 Å². The highest BCUT2D eigenvalue weighted by atomic mass is 16.5. The Labute approximate surface area is 116 Å². The first-order valence-corrected chi connectivity index (χ1v) is 6.30. The van der Waals surface area contributed by atoms with Crippen molar-refractivity contribution < 1.29 is 14.1 Å². The molecule has 1 aromatic heterocycles. The largest absolute Gasteiger partial charge is 0.369 e. The fourth-order valence-electron chi connectivity index (χ4n) is 1.69. The minimum Gasteiger partial charge on any atom is -0.369 e. The predicted octanol–water partition coefficient (Wildman–Crippen LogP) is 0.998. The van der Waals surface area contributed by atoms with Crippen LogP contribution in [0.25, 0.3) is 11.0 Å². The van der Waals surface area contributed by atoms with Crippen molar-refractivity contribution in [2.45, 2.75) is 20.3 Å². The van der Waals surface area contributed by atoms with E-state index in [0.29, 0.717) is 11.3 Å². The molecule has 1 heterocycles. The summed E-state index contributed by atoms with van der Waals surface area (Å²) < 4.78 is 5.13. The predicted molar refractivity (Wildman–Crippen MR) is 73.7 cm³/mol. The first-order chi connectivity index (χ1) is 9.40. The monoisotopic (exact) mass is 275 g/mol. The number of benzene rings is 1. The number of rotatable bonds is 5. The Kier molecular flexibility index (Phi) is 3.74. The number of carbonyl (C=O) groups excluding carboxylic acids is 2. The van der Waals surface area contributed by atoms with Gasteiger partial charge in [-0.05, 0) is 26.0 Å². The highest BCUT2D eigenvalue weighted by molar-refractivity contribution is 5.87. The summed E-state index contributed by atoms with van der Waals surface area (Å²) in [7, 11) is 0. The maximum atomic E-state index is 11.9. The number of nitrogens with two attached hydrogens (primary N) is 1. The smallest absolute Gasteiger partial charge is 0.226 e. The van der Waals surface area contributed by atoms with Crippen molar-refractivity contribution in [2.24, 2.45) is 11.1 Å². The van der Waals surface area contributed by atoms with Crippen LogP contribution in [0.15, 0.2) is 28.8 Å². The molecule has 0 aliphatic carbocycles. The molecular formula is C14H17N3O3. The molecule has 0 bridgehead atoms. The molecule has 0 unspecified atom stereocenters. The first kappa shape index (κ1) is 14.0. The fourth-order valence-corrected chi connectivity index (χ4v) is 1.69. The number of nitrogens with zero attached hydrogens (tertiary/aromatic N) is 1. The Balaban J connectivity index is 2.00. The third-order valence-electron chi connectivity index (χ3n) is 3.17. The standard InChI is InChI=1S/C14H17N3O3/c1-14(2,13(15)19)8-16-12(18)7-10-9-5-3-4-6-11(9)20-17-10/h3-6H,7-8H2,1-2H3,(H2,15,19)(H,16,18). The second-order valence-corrected chi connectivity index (χ2v) is 5.33. The van der Waals surface area contributed by atoms with E-state index in [1.165, 1.54) is 0 Å². The summed E-state index contributed by atoms with van der Waals surface area (Å²) >= 11 is 0. The number of amides is 2. The molecule has 6 heteroatoms. The van der Waals surface area contributed by atoms with Gasteiger partial charge in [0.25, 0.3) is 0 Å². The molecule has 1 aromatic carbocycles. The van der Waals surface area contributed by atoms with Gasteiger partial charge in [-0.15, -0.1) is 0 Å². The van der Waals surface area contributed by atoms with Crippen LogP contribution in [-0.4, -0.2) is 23.5 Å². The molecule has 20 heavy (non-hydrogen) atoms. The molecule has 0 saturated carbocycles. The van der Waals surface area contributed by atoms with Gasteiger partial charge >= 0.3 is 0 Å². The minimum absolute atomic E-state index is 0.103. The van der Waals surface area contributed by atoms with Gasteiger partial charge in [0.2, 0.25) is 11.8 Å². The van der Waals surface area contributed by atoms with Crippen LogP contribution >= 0.6 is 0 Å². The van der Waals surface area contributed by atoms with Crippen LogP contribution in [0.3, 0.4) is 0 Å². The zero-order valence-electron chi connectivity index (χ0n) is 11.5. The summed E-state index contributed by atoms with van der Waals surface area (Å²) in [5.74, 6) is -0.678. The zero-order chi connectivity index (χ0) is 14.8. The highest BCUT2D eigenvalue weighted by Gasteiger charge is 2.25. The molecule has 0 atom stereocenters. The number of carbonyl (C=O) groups is 2. The van der Waals surface area contributed by atoms with E-state index in [2.05, 4.69) is 10.5 Å². The van der Waals surface area contributed by atoms with Crippen molar-refractivity contribution in [3.63, 3.8) is 0 Å². The molecule has 0 aliphatic heterocycles. The minimum atomic E-state index is -0.776. The maximum absolute atomic E-state index is 11.9. The first-order valence-electron chi connectivity index (χ1n) is 6.30. The second kappa shape index (κ2) is 5.32. The number of fused-ring (bicyclic) bond motifs is 1. The summed E-state index contributed by atoms with van der Waals surface area (Å²) in [5, 5.41) is 7.39. The van der Waals surface area contributed by atoms with E-state index >= 15 is 0 Å². The molecule has 2 rings (SSSR count). The van der Waals surface area contributed by atoms with Crippen LogP contribution in [0, 0.1) is 5.41 Å². The average molecular weight is 275 g/mol. The Morgan fingerprint density at radius 1 is 1.35 bits per heavy atom. The van der Waals surface area contributed by atoms with E-state index in [-0.39, 0.29) is 18.9 Å². The highest BCUT2D eigenvalue weighted by Crippen LogP contribution is 2.18. The molecule has 106 valence electrons. The second-order valence-electron chi connectivity index (χ2n) is 5.33. The van der Waals surface area contributed by atoms with Crippen LogP contribution in [0.4, 0.5) is 0 Å². The number of nitrogens with one attached hydrogen (secondary N) is 1. The summed E-state index contributed by atoms with van der Waals surface area (Å²) in [6.07, 6.45) is 0.103. The van der Waals surface area contributed by atoms with E-state index in [0.717, 1.165) is 5.39 Å². The van der Waals surface area contributed by atoms with E-state index in [9.17, 15) is 9.59 Å². The van der Waals surface area contributed by atoms with Crippen LogP contribution in [0.1, 0.15) is 19.5 Å². The van der Waals surface area contributed by atoms with Gasteiger partial charge in [-0.25, -0.2) is 0 Å². The van der Waals surface area contributed by atoms with Crippen LogP contribution in [0.2, 0.25) is 0 Å². The average Bonchev–Trinajstić information content (AvgIpc) is 2.80. The summed E-state index contributed by atoms with van der Waals surface area (Å²) in [6, 6.07) is 7.34. The number of hydrogen-bond acceptors (Lipinski definition) is 4. The topological polar surface area (TPSA) is 98.2 Å². The molecule has 0 radical (unpaired) electrons. The Hall–Kier alpha value is -2.37. The van der Waals surface area contributed by atoms with Crippen molar-refractivity contribution >= 4 is 22.8 Å². The number of aromatic nitrogens is 1. The van der Waals surface area contributed by atoms with Gasteiger partial charge in [-0.3, -0.25) is 9.59 Å². The molecule has 0 spiro atoms.